The van der Waals surface area contributed by atoms with E-state index in [0.29, 0.717) is 28.3 Å². The molecule has 0 amide bonds. The molecule has 4 N–H and O–H groups in total. The van der Waals surface area contributed by atoms with Gasteiger partial charge in [-0.05, 0) is 6.07 Å². The summed E-state index contributed by atoms with van der Waals surface area (Å²) < 4.78 is 16.2. The van der Waals surface area contributed by atoms with Crippen LogP contribution in [0.3, 0.4) is 0 Å². The molecule has 3 rings (SSSR count). The van der Waals surface area contributed by atoms with Gasteiger partial charge < -0.3 is 30.6 Å². The first kappa shape index (κ1) is 17.3. The lowest BCUT2D eigenvalue weighted by atomic mass is 10.2. The number of pyridine rings is 1. The van der Waals surface area contributed by atoms with Gasteiger partial charge in [0.2, 0.25) is 11.7 Å². The van der Waals surface area contributed by atoms with Crippen LogP contribution in [0.1, 0.15) is 0 Å². The van der Waals surface area contributed by atoms with Crippen LogP contribution >= 0.6 is 0 Å². The standard InChI is InChI=1S/C17H20N6O3/c1-23(9-6-12(24-2)14(26-4)13(7-9)25-3)10-5-11-15(18)21-17(19)22-16(11)20-8-10/h5-8H,1-4H3,(H4,18,19,20,21,22). The summed E-state index contributed by atoms with van der Waals surface area (Å²) in [5, 5.41) is 0.621. The fourth-order valence-corrected chi connectivity index (χ4v) is 2.63. The van der Waals surface area contributed by atoms with E-state index in [2.05, 4.69) is 15.0 Å². The summed E-state index contributed by atoms with van der Waals surface area (Å²) in [5.41, 5.74) is 13.6. The molecule has 0 bridgehead atoms. The fraction of sp³-hybridized carbons (Fsp3) is 0.235. The number of nitrogens with two attached hydrogens (primary N) is 2. The molecule has 0 unspecified atom stereocenters. The highest BCUT2D eigenvalue weighted by molar-refractivity contribution is 5.89. The molecule has 1 aromatic carbocycles. The quantitative estimate of drug-likeness (QED) is 0.706. The summed E-state index contributed by atoms with van der Waals surface area (Å²) in [7, 11) is 6.59. The second kappa shape index (κ2) is 6.79. The zero-order chi connectivity index (χ0) is 18.8. The summed E-state index contributed by atoms with van der Waals surface area (Å²) >= 11 is 0. The van der Waals surface area contributed by atoms with E-state index in [-0.39, 0.29) is 11.8 Å². The van der Waals surface area contributed by atoms with Gasteiger partial charge in [-0.1, -0.05) is 0 Å². The Bertz CT molecular complexity index is 938. The van der Waals surface area contributed by atoms with Crippen LogP contribution in [-0.2, 0) is 0 Å². The maximum absolute atomic E-state index is 5.95. The Morgan fingerprint density at radius 3 is 2.12 bits per heavy atom. The highest BCUT2D eigenvalue weighted by atomic mass is 16.5. The Kier molecular flexibility index (Phi) is 4.53. The maximum atomic E-state index is 5.95. The third kappa shape index (κ3) is 2.94. The van der Waals surface area contributed by atoms with E-state index in [1.54, 1.807) is 27.5 Å². The van der Waals surface area contributed by atoms with Gasteiger partial charge in [0.05, 0.1) is 38.6 Å². The average molecular weight is 356 g/mol. The Balaban J connectivity index is 2.09. The molecular formula is C17H20N6O3. The highest BCUT2D eigenvalue weighted by Crippen LogP contribution is 2.42. The van der Waals surface area contributed by atoms with E-state index in [1.165, 1.54) is 0 Å². The van der Waals surface area contributed by atoms with E-state index in [1.807, 2.05) is 30.1 Å². The van der Waals surface area contributed by atoms with Crippen LogP contribution < -0.4 is 30.6 Å². The Hall–Kier alpha value is -3.49. The number of anilines is 4. The van der Waals surface area contributed by atoms with Gasteiger partial charge in [-0.25, -0.2) is 4.98 Å². The number of benzene rings is 1. The number of nitrogens with zero attached hydrogens (tertiary/aromatic N) is 4. The zero-order valence-electron chi connectivity index (χ0n) is 15.0. The lowest BCUT2D eigenvalue weighted by Crippen LogP contribution is -2.11. The number of rotatable bonds is 5. The van der Waals surface area contributed by atoms with Gasteiger partial charge in [-0.15, -0.1) is 0 Å². The minimum absolute atomic E-state index is 0.0910. The molecule has 0 saturated heterocycles. The van der Waals surface area contributed by atoms with Gasteiger partial charge >= 0.3 is 0 Å². The molecular weight excluding hydrogens is 336 g/mol. The molecule has 26 heavy (non-hydrogen) atoms. The lowest BCUT2D eigenvalue weighted by molar-refractivity contribution is 0.324. The number of methoxy groups -OCH3 is 3. The smallest absolute Gasteiger partial charge is 0.224 e. The average Bonchev–Trinajstić information content (AvgIpc) is 2.65. The molecule has 0 aliphatic carbocycles. The molecule has 9 heteroatoms. The normalized spacial score (nSPS) is 10.6. The zero-order valence-corrected chi connectivity index (χ0v) is 15.0. The molecule has 2 heterocycles. The van der Waals surface area contributed by atoms with Gasteiger partial charge in [0, 0.05) is 24.9 Å². The molecule has 0 saturated carbocycles. The van der Waals surface area contributed by atoms with Crippen molar-refractivity contribution in [1.29, 1.82) is 0 Å². The SMILES string of the molecule is COc1cc(N(C)c2cnc3nc(N)nc(N)c3c2)cc(OC)c1OC. The predicted octanol–water partition coefficient (Wildman–Crippen LogP) is 1.98. The first-order chi connectivity index (χ1) is 12.5. The first-order valence-corrected chi connectivity index (χ1v) is 7.71. The lowest BCUT2D eigenvalue weighted by Gasteiger charge is -2.22. The van der Waals surface area contributed by atoms with Gasteiger partial charge in [0.25, 0.3) is 0 Å². The first-order valence-electron chi connectivity index (χ1n) is 7.71. The number of hydrogen-bond donors (Lipinski definition) is 2. The van der Waals surface area contributed by atoms with E-state index in [4.69, 9.17) is 25.7 Å². The maximum Gasteiger partial charge on any atom is 0.224 e. The topological polar surface area (TPSA) is 122 Å². The van der Waals surface area contributed by atoms with Crippen LogP contribution in [-0.4, -0.2) is 43.3 Å². The molecule has 0 radical (unpaired) electrons. The second-order valence-electron chi connectivity index (χ2n) is 5.47. The van der Waals surface area contributed by atoms with E-state index in [9.17, 15) is 0 Å². The van der Waals surface area contributed by atoms with Gasteiger partial charge in [0.1, 0.15) is 5.82 Å². The molecule has 0 atom stereocenters. The molecule has 0 aliphatic rings. The van der Waals surface area contributed by atoms with Crippen molar-refractivity contribution in [3.63, 3.8) is 0 Å². The Labute approximate surface area is 150 Å². The number of fused-ring (bicyclic) bond motifs is 1. The molecule has 2 aromatic heterocycles. The van der Waals surface area contributed by atoms with Crippen LogP contribution in [0.5, 0.6) is 17.2 Å². The van der Waals surface area contributed by atoms with Gasteiger partial charge in [-0.3, -0.25) is 0 Å². The van der Waals surface area contributed by atoms with Crippen molar-refractivity contribution in [3.8, 4) is 17.2 Å². The van der Waals surface area contributed by atoms with Crippen molar-refractivity contribution >= 4 is 34.2 Å². The summed E-state index contributed by atoms with van der Waals surface area (Å²) in [6.45, 7) is 0. The number of hydrogen-bond acceptors (Lipinski definition) is 9. The van der Waals surface area contributed by atoms with Gasteiger partial charge in [0.15, 0.2) is 17.1 Å². The van der Waals surface area contributed by atoms with Crippen molar-refractivity contribution in [2.75, 3.05) is 44.7 Å². The van der Waals surface area contributed by atoms with Crippen LogP contribution in [0, 0.1) is 0 Å². The molecule has 9 nitrogen and oxygen atoms in total. The number of nitrogen functional groups attached to an aromatic ring is 2. The molecule has 0 spiro atoms. The fourth-order valence-electron chi connectivity index (χ4n) is 2.63. The minimum Gasteiger partial charge on any atom is -0.493 e. The van der Waals surface area contributed by atoms with Crippen LogP contribution in [0.15, 0.2) is 24.4 Å². The summed E-state index contributed by atoms with van der Waals surface area (Å²) in [6.07, 6.45) is 1.68. The van der Waals surface area contributed by atoms with Crippen LogP contribution in [0.4, 0.5) is 23.1 Å². The number of aromatic nitrogens is 3. The molecule has 3 aromatic rings. The Morgan fingerprint density at radius 2 is 1.54 bits per heavy atom. The second-order valence-corrected chi connectivity index (χ2v) is 5.47. The van der Waals surface area contributed by atoms with E-state index >= 15 is 0 Å². The monoisotopic (exact) mass is 356 g/mol. The Morgan fingerprint density at radius 1 is 0.885 bits per heavy atom. The predicted molar refractivity (Wildman–Crippen MR) is 100 cm³/mol. The summed E-state index contributed by atoms with van der Waals surface area (Å²) in [6, 6.07) is 5.53. The van der Waals surface area contributed by atoms with Crippen LogP contribution in [0.25, 0.3) is 11.0 Å². The molecule has 0 aliphatic heterocycles. The van der Waals surface area contributed by atoms with Gasteiger partial charge in [-0.2, -0.15) is 9.97 Å². The molecule has 136 valence electrons. The third-order valence-corrected chi connectivity index (χ3v) is 4.01. The highest BCUT2D eigenvalue weighted by Gasteiger charge is 2.17. The third-order valence-electron chi connectivity index (χ3n) is 4.01. The van der Waals surface area contributed by atoms with E-state index in [0.717, 1.165) is 11.4 Å². The summed E-state index contributed by atoms with van der Waals surface area (Å²) in [5.74, 6) is 2.00. The van der Waals surface area contributed by atoms with Crippen molar-refractivity contribution in [1.82, 2.24) is 15.0 Å². The van der Waals surface area contributed by atoms with E-state index < -0.39 is 0 Å². The number of ether oxygens (including phenoxy) is 3. The van der Waals surface area contributed by atoms with Crippen molar-refractivity contribution in [2.24, 2.45) is 0 Å². The minimum atomic E-state index is 0.0910. The summed E-state index contributed by atoms with van der Waals surface area (Å²) in [4.78, 5) is 14.3. The largest absolute Gasteiger partial charge is 0.493 e. The van der Waals surface area contributed by atoms with Crippen molar-refractivity contribution < 1.29 is 14.2 Å². The van der Waals surface area contributed by atoms with Crippen molar-refractivity contribution in [3.05, 3.63) is 24.4 Å². The van der Waals surface area contributed by atoms with Crippen molar-refractivity contribution in [2.45, 2.75) is 0 Å². The van der Waals surface area contributed by atoms with Crippen LogP contribution in [0.2, 0.25) is 0 Å². The molecule has 0 fully saturated rings.